The second kappa shape index (κ2) is 12.7. The van der Waals surface area contributed by atoms with Gasteiger partial charge in [-0.3, -0.25) is 0 Å². The van der Waals surface area contributed by atoms with Crippen LogP contribution >= 0.6 is 0 Å². The Morgan fingerprint density at radius 3 is 1.35 bits per heavy atom. The van der Waals surface area contributed by atoms with Gasteiger partial charge < -0.3 is 9.47 Å². The van der Waals surface area contributed by atoms with Crippen LogP contribution in [-0.2, 0) is 5.41 Å². The van der Waals surface area contributed by atoms with E-state index < -0.39 is 0 Å². The summed E-state index contributed by atoms with van der Waals surface area (Å²) in [5.41, 5.74) is 19.6. The van der Waals surface area contributed by atoms with E-state index in [0.29, 0.717) is 0 Å². The highest BCUT2D eigenvalue weighted by Crippen LogP contribution is 2.51. The minimum absolute atomic E-state index is 0.207. The Kier molecular flexibility index (Phi) is 7.64. The van der Waals surface area contributed by atoms with Crippen molar-refractivity contribution in [3.63, 3.8) is 0 Å². The third-order valence-corrected chi connectivity index (χ3v) is 11.7. The zero-order valence-electron chi connectivity index (χ0n) is 31.7. The summed E-state index contributed by atoms with van der Waals surface area (Å²) in [6, 6.07) is 67.0. The van der Waals surface area contributed by atoms with Crippen molar-refractivity contribution in [1.82, 2.24) is 4.57 Å². The van der Waals surface area contributed by atoms with Gasteiger partial charge in [0.05, 0.1) is 11.0 Å². The number of hydrogen-bond acceptors (Lipinski definition) is 1. The van der Waals surface area contributed by atoms with E-state index >= 15 is 0 Å². The van der Waals surface area contributed by atoms with E-state index in [1.807, 2.05) is 0 Å². The molecule has 0 saturated carbocycles. The maximum absolute atomic E-state index is 2.47. The van der Waals surface area contributed by atoms with E-state index in [0.717, 1.165) is 17.1 Å². The van der Waals surface area contributed by atoms with E-state index in [1.165, 1.54) is 83.1 Å². The van der Waals surface area contributed by atoms with Gasteiger partial charge in [0.1, 0.15) is 0 Å². The summed E-state index contributed by atoms with van der Waals surface area (Å²) in [6.07, 6.45) is 0. The monoisotopic (exact) mass is 706 g/mol. The highest BCUT2D eigenvalue weighted by molar-refractivity contribution is 6.09. The lowest BCUT2D eigenvalue weighted by atomic mass is 9.82. The summed E-state index contributed by atoms with van der Waals surface area (Å²) in [6.45, 7) is 9.15. The lowest BCUT2D eigenvalue weighted by Crippen LogP contribution is -2.17. The topological polar surface area (TPSA) is 8.17 Å². The summed E-state index contributed by atoms with van der Waals surface area (Å²) >= 11 is 0. The van der Waals surface area contributed by atoms with Gasteiger partial charge in [0.25, 0.3) is 0 Å². The summed E-state index contributed by atoms with van der Waals surface area (Å²) in [5.74, 6) is 0. The minimum atomic E-state index is -0.207. The largest absolute Gasteiger partial charge is 0.310 e. The van der Waals surface area contributed by atoms with E-state index in [9.17, 15) is 0 Å². The normalized spacial score (nSPS) is 12.9. The molecule has 9 aromatic rings. The number of hydrogen-bond donors (Lipinski definition) is 0. The molecule has 0 aliphatic heterocycles. The second-order valence-corrected chi connectivity index (χ2v) is 15.6. The molecule has 1 aliphatic rings. The van der Waals surface area contributed by atoms with Crippen molar-refractivity contribution in [1.29, 1.82) is 0 Å². The second-order valence-electron chi connectivity index (χ2n) is 15.6. The number of fused-ring (bicyclic) bond motifs is 6. The zero-order valence-corrected chi connectivity index (χ0v) is 31.7. The number of benzene rings is 8. The smallest absolute Gasteiger partial charge is 0.0543 e. The molecule has 8 aromatic carbocycles. The minimum Gasteiger partial charge on any atom is -0.310 e. The van der Waals surface area contributed by atoms with E-state index in [-0.39, 0.29) is 5.41 Å². The molecule has 1 aliphatic carbocycles. The molecule has 1 heterocycles. The van der Waals surface area contributed by atoms with Gasteiger partial charge in [-0.25, -0.2) is 0 Å². The lowest BCUT2D eigenvalue weighted by Gasteiger charge is -2.28. The van der Waals surface area contributed by atoms with Crippen LogP contribution in [0.1, 0.15) is 36.1 Å². The Balaban J connectivity index is 1.08. The van der Waals surface area contributed by atoms with Crippen LogP contribution in [0.4, 0.5) is 17.1 Å². The highest BCUT2D eigenvalue weighted by atomic mass is 15.1. The fraction of sp³-hybridized carbons (Fsp3) is 0.0943. The van der Waals surface area contributed by atoms with Crippen LogP contribution in [-0.4, -0.2) is 4.57 Å². The van der Waals surface area contributed by atoms with Crippen LogP contribution in [0.3, 0.4) is 0 Å². The quantitative estimate of drug-likeness (QED) is 0.167. The van der Waals surface area contributed by atoms with Gasteiger partial charge in [-0.2, -0.15) is 0 Å². The van der Waals surface area contributed by atoms with Gasteiger partial charge in [0.2, 0.25) is 0 Å². The Bertz CT molecular complexity index is 2740. The molecule has 264 valence electrons. The first kappa shape index (κ1) is 33.0. The average Bonchev–Trinajstić information content (AvgIpc) is 3.65. The van der Waals surface area contributed by atoms with Crippen molar-refractivity contribution in [3.8, 4) is 39.1 Å². The SMILES string of the molecule is Cc1ccc2c3ccc(C)cc3n(-c3ccc4c(c3)C(C)(C)c3cc(N(c5ccc(-c6ccccc6)cc5)c5ccc(-c6ccccc6)cc5)ccc3-4)c2c1. The number of anilines is 3. The molecule has 0 fully saturated rings. The van der Waals surface area contributed by atoms with Crippen LogP contribution in [0.25, 0.3) is 60.9 Å². The van der Waals surface area contributed by atoms with E-state index in [4.69, 9.17) is 0 Å². The number of aromatic nitrogens is 1. The molecule has 1 aromatic heterocycles. The van der Waals surface area contributed by atoms with E-state index in [2.05, 4.69) is 219 Å². The van der Waals surface area contributed by atoms with Crippen molar-refractivity contribution >= 4 is 38.9 Å². The molecule has 10 rings (SSSR count). The fourth-order valence-electron chi connectivity index (χ4n) is 8.82. The van der Waals surface area contributed by atoms with Crippen molar-refractivity contribution in [2.24, 2.45) is 0 Å². The van der Waals surface area contributed by atoms with Crippen LogP contribution < -0.4 is 4.90 Å². The Morgan fingerprint density at radius 2 is 0.836 bits per heavy atom. The molecule has 0 radical (unpaired) electrons. The Hall–Kier alpha value is -6.64. The number of nitrogens with zero attached hydrogens (tertiary/aromatic N) is 2. The van der Waals surface area contributed by atoms with Crippen LogP contribution in [0, 0.1) is 13.8 Å². The standard InChI is InChI=1S/C53H42N2/c1-35-15-27-47-48-28-16-36(2)32-52(48)55(51(47)31-35)44-26-30-46-45-29-25-43(33-49(45)53(3,4)50(46)34-44)54(41-21-17-39(18-22-41)37-11-7-5-8-12-37)42-23-19-40(20-24-42)38-13-9-6-10-14-38/h5-34H,1-4H3. The van der Waals surface area contributed by atoms with Gasteiger partial charge >= 0.3 is 0 Å². The molecule has 2 nitrogen and oxygen atoms in total. The number of rotatable bonds is 6. The highest BCUT2D eigenvalue weighted by Gasteiger charge is 2.36. The van der Waals surface area contributed by atoms with Crippen molar-refractivity contribution in [3.05, 3.63) is 204 Å². The van der Waals surface area contributed by atoms with Crippen molar-refractivity contribution < 1.29 is 0 Å². The first-order valence-electron chi connectivity index (χ1n) is 19.3. The molecular weight excluding hydrogens is 665 g/mol. The third-order valence-electron chi connectivity index (χ3n) is 11.7. The van der Waals surface area contributed by atoms with Crippen LogP contribution in [0.15, 0.2) is 182 Å². The van der Waals surface area contributed by atoms with E-state index in [1.54, 1.807) is 0 Å². The summed E-state index contributed by atoms with van der Waals surface area (Å²) in [5, 5.41) is 2.59. The molecule has 2 heteroatoms. The van der Waals surface area contributed by atoms with Crippen LogP contribution in [0.2, 0.25) is 0 Å². The predicted molar refractivity (Wildman–Crippen MR) is 233 cm³/mol. The molecule has 55 heavy (non-hydrogen) atoms. The van der Waals surface area contributed by atoms with Gasteiger partial charge in [-0.1, -0.05) is 135 Å². The molecule has 0 atom stereocenters. The van der Waals surface area contributed by atoms with Gasteiger partial charge in [0, 0.05) is 38.9 Å². The van der Waals surface area contributed by atoms with Gasteiger partial charge in [-0.15, -0.1) is 0 Å². The molecule has 0 N–H and O–H groups in total. The zero-order chi connectivity index (χ0) is 37.3. The predicted octanol–water partition coefficient (Wildman–Crippen LogP) is 14.5. The first-order chi connectivity index (χ1) is 26.8. The first-order valence-corrected chi connectivity index (χ1v) is 19.3. The molecule has 0 spiro atoms. The molecule has 0 saturated heterocycles. The Morgan fingerprint density at radius 1 is 0.400 bits per heavy atom. The maximum Gasteiger partial charge on any atom is 0.0543 e. The summed E-state index contributed by atoms with van der Waals surface area (Å²) < 4.78 is 2.47. The van der Waals surface area contributed by atoms with Gasteiger partial charge in [0.15, 0.2) is 0 Å². The maximum atomic E-state index is 2.47. The van der Waals surface area contributed by atoms with Crippen molar-refractivity contribution in [2.75, 3.05) is 4.90 Å². The van der Waals surface area contributed by atoms with Crippen LogP contribution in [0.5, 0.6) is 0 Å². The summed E-state index contributed by atoms with van der Waals surface area (Å²) in [7, 11) is 0. The molecular formula is C53H42N2. The Labute approximate surface area is 323 Å². The van der Waals surface area contributed by atoms with Gasteiger partial charge in [-0.05, 0) is 130 Å². The fourth-order valence-corrected chi connectivity index (χ4v) is 8.82. The summed E-state index contributed by atoms with van der Waals surface area (Å²) in [4.78, 5) is 2.40. The molecule has 0 unspecified atom stereocenters. The number of aryl methyl sites for hydroxylation is 2. The van der Waals surface area contributed by atoms with Crippen molar-refractivity contribution in [2.45, 2.75) is 33.1 Å². The lowest BCUT2D eigenvalue weighted by molar-refractivity contribution is 0.660. The molecule has 0 amide bonds. The molecule has 0 bridgehead atoms. The average molecular weight is 707 g/mol. The third kappa shape index (κ3) is 5.48.